The van der Waals surface area contributed by atoms with Crippen molar-refractivity contribution < 1.29 is 14.2 Å². The standard InChI is InChI=1S/C6H18N2O3Si/c1-9-4(5(7)8)6(12,10-2)11-3/h4-5H,7-8H2,1-3,12H3. The van der Waals surface area contributed by atoms with Crippen molar-refractivity contribution in [3.05, 3.63) is 0 Å². The van der Waals surface area contributed by atoms with E-state index in [0.29, 0.717) is 10.2 Å². The molecule has 0 aromatic rings. The van der Waals surface area contributed by atoms with Crippen LogP contribution in [0.15, 0.2) is 0 Å². The highest BCUT2D eigenvalue weighted by Gasteiger charge is 2.37. The molecular formula is C6H18N2O3Si. The summed E-state index contributed by atoms with van der Waals surface area (Å²) in [5, 5.41) is 0. The van der Waals surface area contributed by atoms with Gasteiger partial charge in [0.1, 0.15) is 6.10 Å². The van der Waals surface area contributed by atoms with Gasteiger partial charge in [0.25, 0.3) is 0 Å². The molecule has 0 aliphatic rings. The van der Waals surface area contributed by atoms with E-state index in [9.17, 15) is 0 Å². The smallest absolute Gasteiger partial charge is 0.168 e. The van der Waals surface area contributed by atoms with Gasteiger partial charge < -0.3 is 25.7 Å². The molecule has 0 amide bonds. The van der Waals surface area contributed by atoms with Crippen molar-refractivity contribution in [2.45, 2.75) is 17.7 Å². The van der Waals surface area contributed by atoms with Crippen molar-refractivity contribution in [1.29, 1.82) is 0 Å². The summed E-state index contributed by atoms with van der Waals surface area (Å²) >= 11 is 0. The van der Waals surface area contributed by atoms with Gasteiger partial charge in [0, 0.05) is 21.3 Å². The molecule has 4 N–H and O–H groups in total. The van der Waals surface area contributed by atoms with Crippen LogP contribution in [0.2, 0.25) is 0 Å². The minimum absolute atomic E-state index is 0.431. The summed E-state index contributed by atoms with van der Waals surface area (Å²) < 4.78 is 15.4. The first-order valence-corrected chi connectivity index (χ1v) is 4.66. The molecule has 5 nitrogen and oxygen atoms in total. The van der Waals surface area contributed by atoms with Crippen LogP contribution in [0, 0.1) is 0 Å². The normalized spacial score (nSPS) is 15.5. The molecule has 12 heavy (non-hydrogen) atoms. The topological polar surface area (TPSA) is 79.7 Å². The third-order valence-corrected chi connectivity index (χ3v) is 3.32. The lowest BCUT2D eigenvalue weighted by Crippen LogP contribution is -2.59. The van der Waals surface area contributed by atoms with E-state index in [2.05, 4.69) is 0 Å². The second-order valence-corrected chi connectivity index (χ2v) is 4.05. The summed E-state index contributed by atoms with van der Waals surface area (Å²) in [5.41, 5.74) is 10.2. The first kappa shape index (κ1) is 12.0. The predicted octanol–water partition coefficient (Wildman–Crippen LogP) is -2.44. The highest BCUT2D eigenvalue weighted by Crippen LogP contribution is 2.15. The molecule has 74 valence electrons. The van der Waals surface area contributed by atoms with E-state index in [1.807, 2.05) is 0 Å². The summed E-state index contributed by atoms with van der Waals surface area (Å²) in [6, 6.07) is 0. The molecule has 0 aliphatic heterocycles. The van der Waals surface area contributed by atoms with Crippen molar-refractivity contribution >= 4 is 10.2 Å². The Morgan fingerprint density at radius 3 is 1.67 bits per heavy atom. The Bertz CT molecular complexity index is 130. The second kappa shape index (κ2) is 4.90. The third-order valence-electron chi connectivity index (χ3n) is 1.93. The van der Waals surface area contributed by atoms with Crippen molar-refractivity contribution in [3.63, 3.8) is 0 Å². The lowest BCUT2D eigenvalue weighted by atomic mass is 10.2. The number of nitrogens with two attached hydrogens (primary N) is 2. The molecule has 0 spiro atoms. The summed E-state index contributed by atoms with van der Waals surface area (Å²) in [5.74, 6) is 0. The van der Waals surface area contributed by atoms with E-state index in [4.69, 9.17) is 25.7 Å². The van der Waals surface area contributed by atoms with Crippen molar-refractivity contribution in [2.75, 3.05) is 21.3 Å². The molecule has 1 atom stereocenters. The van der Waals surface area contributed by atoms with Gasteiger partial charge in [-0.2, -0.15) is 0 Å². The minimum Gasteiger partial charge on any atom is -0.373 e. The predicted molar refractivity (Wildman–Crippen MR) is 49.6 cm³/mol. The number of hydrogen-bond acceptors (Lipinski definition) is 5. The molecule has 0 heterocycles. The average Bonchev–Trinajstić information content (AvgIpc) is 2.04. The van der Waals surface area contributed by atoms with Crippen molar-refractivity contribution in [3.8, 4) is 0 Å². The molecule has 0 aromatic heterocycles. The van der Waals surface area contributed by atoms with Crippen LogP contribution in [0.3, 0.4) is 0 Å². The molecule has 0 bridgehead atoms. The maximum atomic E-state index is 5.50. The quantitative estimate of drug-likeness (QED) is 0.375. The molecule has 0 radical (unpaired) electrons. The van der Waals surface area contributed by atoms with Gasteiger partial charge >= 0.3 is 0 Å². The van der Waals surface area contributed by atoms with E-state index in [1.54, 1.807) is 14.2 Å². The maximum absolute atomic E-state index is 5.50. The highest BCUT2D eigenvalue weighted by molar-refractivity contribution is 6.14. The maximum Gasteiger partial charge on any atom is 0.168 e. The van der Waals surface area contributed by atoms with Gasteiger partial charge in [0.15, 0.2) is 5.41 Å². The molecule has 6 heteroatoms. The molecule has 0 saturated heterocycles. The molecular weight excluding hydrogens is 176 g/mol. The monoisotopic (exact) mass is 194 g/mol. The largest absolute Gasteiger partial charge is 0.373 e. The van der Waals surface area contributed by atoms with Crippen LogP contribution in [0.4, 0.5) is 0 Å². The zero-order chi connectivity index (χ0) is 9.78. The average molecular weight is 194 g/mol. The van der Waals surface area contributed by atoms with Gasteiger partial charge in [0.2, 0.25) is 0 Å². The van der Waals surface area contributed by atoms with Crippen LogP contribution in [0.25, 0.3) is 0 Å². The fraction of sp³-hybridized carbons (Fsp3) is 1.00. The Balaban J connectivity index is 4.43. The Kier molecular flexibility index (Phi) is 4.91. The number of ether oxygens (including phenoxy) is 3. The van der Waals surface area contributed by atoms with E-state index >= 15 is 0 Å². The fourth-order valence-corrected chi connectivity index (χ4v) is 1.66. The number of rotatable bonds is 5. The third kappa shape index (κ3) is 2.51. The molecule has 0 saturated carbocycles. The number of hydrogen-bond donors (Lipinski definition) is 2. The fourth-order valence-electron chi connectivity index (χ4n) is 1.04. The summed E-state index contributed by atoms with van der Waals surface area (Å²) in [4.78, 5) is 0. The first-order valence-electron chi connectivity index (χ1n) is 3.66. The molecule has 0 aliphatic carbocycles. The zero-order valence-electron chi connectivity index (χ0n) is 8.03. The zero-order valence-corrected chi connectivity index (χ0v) is 10.0. The van der Waals surface area contributed by atoms with Crippen molar-refractivity contribution in [1.82, 2.24) is 0 Å². The van der Waals surface area contributed by atoms with E-state index < -0.39 is 17.7 Å². The Morgan fingerprint density at radius 1 is 1.17 bits per heavy atom. The molecule has 0 fully saturated rings. The lowest BCUT2D eigenvalue weighted by molar-refractivity contribution is -0.212. The second-order valence-electron chi connectivity index (χ2n) is 2.66. The Morgan fingerprint density at radius 2 is 1.58 bits per heavy atom. The summed E-state index contributed by atoms with van der Waals surface area (Å²) in [7, 11) is 5.25. The van der Waals surface area contributed by atoms with Gasteiger partial charge in [-0.3, -0.25) is 0 Å². The Labute approximate surface area is 75.8 Å². The van der Waals surface area contributed by atoms with E-state index in [0.717, 1.165) is 0 Å². The van der Waals surface area contributed by atoms with Gasteiger partial charge in [-0.05, 0) is 0 Å². The van der Waals surface area contributed by atoms with E-state index in [1.165, 1.54) is 7.11 Å². The van der Waals surface area contributed by atoms with Crippen LogP contribution in [0.1, 0.15) is 0 Å². The van der Waals surface area contributed by atoms with Gasteiger partial charge in [-0.15, -0.1) is 0 Å². The van der Waals surface area contributed by atoms with Gasteiger partial charge in [-0.1, -0.05) is 0 Å². The van der Waals surface area contributed by atoms with Crippen LogP contribution in [-0.4, -0.2) is 49.3 Å². The van der Waals surface area contributed by atoms with Crippen molar-refractivity contribution in [2.24, 2.45) is 11.5 Å². The molecule has 0 rings (SSSR count). The van der Waals surface area contributed by atoms with Crippen LogP contribution in [-0.2, 0) is 14.2 Å². The van der Waals surface area contributed by atoms with Gasteiger partial charge in [-0.25, -0.2) is 0 Å². The summed E-state index contributed by atoms with van der Waals surface area (Å²) in [6.07, 6.45) is -1.04. The van der Waals surface area contributed by atoms with E-state index in [-0.39, 0.29) is 0 Å². The number of methoxy groups -OCH3 is 3. The summed E-state index contributed by atoms with van der Waals surface area (Å²) in [6.45, 7) is 0. The molecule has 1 unspecified atom stereocenters. The van der Waals surface area contributed by atoms with Crippen LogP contribution < -0.4 is 11.5 Å². The first-order chi connectivity index (χ1) is 5.51. The van der Waals surface area contributed by atoms with Crippen LogP contribution in [0.5, 0.6) is 0 Å². The van der Waals surface area contributed by atoms with Gasteiger partial charge in [0.05, 0.1) is 16.4 Å². The van der Waals surface area contributed by atoms with Crippen LogP contribution >= 0.6 is 0 Å². The minimum atomic E-state index is -0.761. The SMILES string of the molecule is COC(C(N)N)C([SiH3])(OC)OC. The Hall–Kier alpha value is 0.0169. The highest BCUT2D eigenvalue weighted by atomic mass is 28.1. The lowest BCUT2D eigenvalue weighted by Gasteiger charge is -2.36. The molecule has 0 aromatic carbocycles.